The summed E-state index contributed by atoms with van der Waals surface area (Å²) in [6.07, 6.45) is -1.13. The molecule has 0 aliphatic carbocycles. The number of carbonyl (C=O) groups is 3. The lowest BCUT2D eigenvalue weighted by Gasteiger charge is -2.12. The highest BCUT2D eigenvalue weighted by Gasteiger charge is 2.19. The molecule has 26 heavy (non-hydrogen) atoms. The Balaban J connectivity index is 1.89. The highest BCUT2D eigenvalue weighted by atomic mass is 35.5. The number of halogens is 1. The number of benzene rings is 2. The molecule has 3 N–H and O–H groups in total. The molecular formula is C18H17ClN2O4S. The normalized spacial score (nSPS) is 11.5. The number of urea groups is 1. The van der Waals surface area contributed by atoms with Crippen LogP contribution in [0.3, 0.4) is 0 Å². The monoisotopic (exact) mass is 392 g/mol. The van der Waals surface area contributed by atoms with Gasteiger partial charge in [-0.15, -0.1) is 11.8 Å². The maximum atomic E-state index is 12.0. The van der Waals surface area contributed by atoms with E-state index in [9.17, 15) is 14.4 Å². The third-order valence-corrected chi connectivity index (χ3v) is 4.64. The van der Waals surface area contributed by atoms with Crippen molar-refractivity contribution in [3.8, 4) is 0 Å². The van der Waals surface area contributed by atoms with Crippen LogP contribution in [0.25, 0.3) is 0 Å². The predicted octanol–water partition coefficient (Wildman–Crippen LogP) is 3.37. The molecule has 136 valence electrons. The Labute approximate surface area is 160 Å². The smallest absolute Gasteiger partial charge is 0.338 e. The average Bonchev–Trinajstić information content (AvgIpc) is 2.61. The molecule has 0 bridgehead atoms. The van der Waals surface area contributed by atoms with Crippen molar-refractivity contribution in [2.24, 2.45) is 5.73 Å². The summed E-state index contributed by atoms with van der Waals surface area (Å²) in [5, 5.41) is 2.55. The van der Waals surface area contributed by atoms with E-state index >= 15 is 0 Å². The number of nitrogens with two attached hydrogens (primary N) is 1. The van der Waals surface area contributed by atoms with Crippen molar-refractivity contribution in [1.29, 1.82) is 0 Å². The second kappa shape index (κ2) is 9.26. The summed E-state index contributed by atoms with van der Waals surface area (Å²) >= 11 is 7.50. The molecule has 0 heterocycles. The zero-order valence-corrected chi connectivity index (χ0v) is 15.5. The van der Waals surface area contributed by atoms with E-state index in [1.165, 1.54) is 6.92 Å². The summed E-state index contributed by atoms with van der Waals surface area (Å²) < 4.78 is 5.00. The van der Waals surface area contributed by atoms with Crippen LogP contribution in [0.2, 0.25) is 5.02 Å². The molecule has 3 amide bonds. The predicted molar refractivity (Wildman–Crippen MR) is 100 cm³/mol. The minimum absolute atomic E-state index is 0.309. The summed E-state index contributed by atoms with van der Waals surface area (Å²) in [4.78, 5) is 35.3. The molecule has 0 aromatic heterocycles. The van der Waals surface area contributed by atoms with Gasteiger partial charge in [-0.2, -0.15) is 0 Å². The molecule has 6 nitrogen and oxygen atoms in total. The Hall–Kier alpha value is -2.51. The average molecular weight is 393 g/mol. The fourth-order valence-electron chi connectivity index (χ4n) is 1.94. The number of ether oxygens (including phenoxy) is 1. The summed E-state index contributed by atoms with van der Waals surface area (Å²) in [5.41, 5.74) is 6.19. The van der Waals surface area contributed by atoms with Crippen LogP contribution in [0.1, 0.15) is 22.8 Å². The van der Waals surface area contributed by atoms with Gasteiger partial charge in [-0.3, -0.25) is 10.1 Å². The number of amides is 3. The van der Waals surface area contributed by atoms with Crippen LogP contribution in [0.4, 0.5) is 4.79 Å². The fraction of sp³-hybridized carbons (Fsp3) is 0.167. The van der Waals surface area contributed by atoms with Gasteiger partial charge >= 0.3 is 12.0 Å². The molecular weight excluding hydrogens is 376 g/mol. The van der Waals surface area contributed by atoms with Crippen LogP contribution in [0, 0.1) is 0 Å². The maximum Gasteiger partial charge on any atom is 0.338 e. The van der Waals surface area contributed by atoms with Crippen LogP contribution in [0.15, 0.2) is 53.4 Å². The van der Waals surface area contributed by atoms with Gasteiger partial charge in [0.05, 0.1) is 5.56 Å². The Morgan fingerprint density at radius 1 is 1.12 bits per heavy atom. The van der Waals surface area contributed by atoms with E-state index in [4.69, 9.17) is 22.1 Å². The van der Waals surface area contributed by atoms with E-state index in [2.05, 4.69) is 0 Å². The second-order valence-electron chi connectivity index (χ2n) is 5.34. The Morgan fingerprint density at radius 3 is 2.31 bits per heavy atom. The van der Waals surface area contributed by atoms with Crippen molar-refractivity contribution < 1.29 is 19.1 Å². The minimum atomic E-state index is -1.13. The largest absolute Gasteiger partial charge is 0.449 e. The molecule has 1 atom stereocenters. The molecule has 0 unspecified atom stereocenters. The summed E-state index contributed by atoms with van der Waals surface area (Å²) in [5.74, 6) is -0.704. The van der Waals surface area contributed by atoms with E-state index in [0.717, 1.165) is 16.2 Å². The summed E-state index contributed by atoms with van der Waals surface area (Å²) in [6, 6.07) is 13.4. The van der Waals surface area contributed by atoms with Gasteiger partial charge in [0.1, 0.15) is 0 Å². The molecule has 8 heteroatoms. The third kappa shape index (κ3) is 6.09. The van der Waals surface area contributed by atoms with Crippen molar-refractivity contribution in [3.63, 3.8) is 0 Å². The number of esters is 1. The zero-order valence-electron chi connectivity index (χ0n) is 13.9. The lowest BCUT2D eigenvalue weighted by atomic mass is 10.1. The van der Waals surface area contributed by atoms with Gasteiger partial charge in [0.15, 0.2) is 6.10 Å². The summed E-state index contributed by atoms with van der Waals surface area (Å²) in [6.45, 7) is 1.35. The van der Waals surface area contributed by atoms with Crippen molar-refractivity contribution in [3.05, 3.63) is 64.7 Å². The van der Waals surface area contributed by atoms with E-state index in [-0.39, 0.29) is 0 Å². The van der Waals surface area contributed by atoms with E-state index in [0.29, 0.717) is 10.6 Å². The molecule has 0 saturated carbocycles. The highest BCUT2D eigenvalue weighted by molar-refractivity contribution is 7.98. The molecule has 0 aliphatic heterocycles. The maximum absolute atomic E-state index is 12.0. The Morgan fingerprint density at radius 2 is 1.73 bits per heavy atom. The van der Waals surface area contributed by atoms with Gasteiger partial charge in [0.2, 0.25) is 0 Å². The molecule has 0 spiro atoms. The zero-order chi connectivity index (χ0) is 19.1. The minimum Gasteiger partial charge on any atom is -0.449 e. The first-order chi connectivity index (χ1) is 12.3. The van der Waals surface area contributed by atoms with E-state index in [1.807, 2.05) is 41.7 Å². The molecule has 2 aromatic rings. The summed E-state index contributed by atoms with van der Waals surface area (Å²) in [7, 11) is 0. The molecule has 0 aliphatic rings. The quantitative estimate of drug-likeness (QED) is 0.580. The van der Waals surface area contributed by atoms with Gasteiger partial charge in [-0.25, -0.2) is 9.59 Å². The Kier molecular flexibility index (Phi) is 7.06. The molecule has 0 fully saturated rings. The molecule has 2 aromatic carbocycles. The van der Waals surface area contributed by atoms with Gasteiger partial charge < -0.3 is 10.5 Å². The van der Waals surface area contributed by atoms with Crippen LogP contribution >= 0.6 is 23.4 Å². The van der Waals surface area contributed by atoms with Crippen LogP contribution in [0.5, 0.6) is 0 Å². The van der Waals surface area contributed by atoms with E-state index < -0.39 is 24.0 Å². The molecule has 0 radical (unpaired) electrons. The first-order valence-electron chi connectivity index (χ1n) is 7.63. The number of nitrogens with one attached hydrogen (secondary N) is 1. The van der Waals surface area contributed by atoms with Gasteiger partial charge in [-0.1, -0.05) is 23.7 Å². The Bertz CT molecular complexity index is 794. The topological polar surface area (TPSA) is 98.5 Å². The third-order valence-electron chi connectivity index (χ3n) is 3.31. The van der Waals surface area contributed by atoms with Crippen molar-refractivity contribution >= 4 is 41.3 Å². The first-order valence-corrected chi connectivity index (χ1v) is 9.00. The van der Waals surface area contributed by atoms with Crippen LogP contribution < -0.4 is 11.1 Å². The van der Waals surface area contributed by atoms with Crippen LogP contribution in [-0.2, 0) is 15.3 Å². The molecule has 2 rings (SSSR count). The van der Waals surface area contributed by atoms with Crippen molar-refractivity contribution in [1.82, 2.24) is 5.32 Å². The highest BCUT2D eigenvalue weighted by Crippen LogP contribution is 2.24. The number of imide groups is 1. The number of thioether (sulfide) groups is 1. The van der Waals surface area contributed by atoms with E-state index in [1.54, 1.807) is 23.9 Å². The van der Waals surface area contributed by atoms with Crippen molar-refractivity contribution in [2.45, 2.75) is 23.7 Å². The number of hydrogen-bond acceptors (Lipinski definition) is 5. The number of carbonyl (C=O) groups excluding carboxylic acids is 3. The SMILES string of the molecule is C[C@H](OC(=O)c1ccc(CSc2ccc(Cl)cc2)cc1)C(=O)NC(N)=O. The van der Waals surface area contributed by atoms with Gasteiger partial charge in [-0.05, 0) is 48.9 Å². The fourth-order valence-corrected chi connectivity index (χ4v) is 2.92. The lowest BCUT2D eigenvalue weighted by Crippen LogP contribution is -2.42. The van der Waals surface area contributed by atoms with Gasteiger partial charge in [0.25, 0.3) is 5.91 Å². The standard InChI is InChI=1S/C18H17ClN2O4S/c1-11(16(22)21-18(20)24)25-17(23)13-4-2-12(3-5-13)10-26-15-8-6-14(19)7-9-15/h2-9,11H,10H2,1H3,(H3,20,21,22,24)/t11-/m0/s1. The second-order valence-corrected chi connectivity index (χ2v) is 6.83. The first kappa shape index (κ1) is 19.8. The van der Waals surface area contributed by atoms with Crippen molar-refractivity contribution in [2.75, 3.05) is 0 Å². The molecule has 0 saturated heterocycles. The lowest BCUT2D eigenvalue weighted by molar-refractivity contribution is -0.127. The van der Waals surface area contributed by atoms with Crippen LogP contribution in [-0.4, -0.2) is 24.0 Å². The number of primary amides is 1. The number of rotatable bonds is 6. The number of hydrogen-bond donors (Lipinski definition) is 2. The van der Waals surface area contributed by atoms with Gasteiger partial charge in [0, 0.05) is 15.7 Å².